The van der Waals surface area contributed by atoms with Gasteiger partial charge in [-0.3, -0.25) is 4.79 Å². The van der Waals surface area contributed by atoms with Crippen molar-refractivity contribution in [1.29, 1.82) is 0 Å². The van der Waals surface area contributed by atoms with Crippen LogP contribution >= 0.6 is 0 Å². The molecule has 19 heavy (non-hydrogen) atoms. The molecule has 2 N–H and O–H groups in total. The van der Waals surface area contributed by atoms with E-state index in [1.54, 1.807) is 21.3 Å². The quantitative estimate of drug-likeness (QED) is 0.785. The first kappa shape index (κ1) is 15.3. The van der Waals surface area contributed by atoms with Gasteiger partial charge in [-0.05, 0) is 24.1 Å². The number of amides is 1. The Morgan fingerprint density at radius 3 is 2.47 bits per heavy atom. The predicted molar refractivity (Wildman–Crippen MR) is 74.6 cm³/mol. The summed E-state index contributed by atoms with van der Waals surface area (Å²) in [7, 11) is 4.85. The van der Waals surface area contributed by atoms with E-state index >= 15 is 0 Å². The average Bonchev–Trinajstić information content (AvgIpc) is 2.47. The highest BCUT2D eigenvalue weighted by molar-refractivity contribution is 5.77. The van der Waals surface area contributed by atoms with Gasteiger partial charge in [0.1, 0.15) is 0 Å². The zero-order chi connectivity index (χ0) is 14.3. The number of benzene rings is 1. The van der Waals surface area contributed by atoms with Crippen LogP contribution in [0, 0.1) is 0 Å². The summed E-state index contributed by atoms with van der Waals surface area (Å²) in [5, 5.41) is 5.81. The lowest BCUT2D eigenvalue weighted by Crippen LogP contribution is -2.33. The van der Waals surface area contributed by atoms with E-state index in [-0.39, 0.29) is 11.9 Å². The van der Waals surface area contributed by atoms with E-state index < -0.39 is 0 Å². The van der Waals surface area contributed by atoms with Crippen LogP contribution in [-0.4, -0.2) is 33.7 Å². The third-order valence-corrected chi connectivity index (χ3v) is 3.01. The highest BCUT2D eigenvalue weighted by Gasteiger charge is 2.13. The fourth-order valence-corrected chi connectivity index (χ4v) is 1.87. The molecular weight excluding hydrogens is 244 g/mol. The standard InChI is InChI=1S/C14H22N2O3/c1-5-11(16-9-14(17)15-2)10-6-7-12(18-3)13(8-10)19-4/h6-8,11,16H,5,9H2,1-4H3,(H,15,17). The van der Waals surface area contributed by atoms with Crippen molar-refractivity contribution >= 4 is 5.91 Å². The third-order valence-electron chi connectivity index (χ3n) is 3.01. The van der Waals surface area contributed by atoms with E-state index in [4.69, 9.17) is 9.47 Å². The fourth-order valence-electron chi connectivity index (χ4n) is 1.87. The number of hydrogen-bond donors (Lipinski definition) is 2. The molecule has 1 atom stereocenters. The molecule has 5 heteroatoms. The Balaban J connectivity index is 2.83. The van der Waals surface area contributed by atoms with Gasteiger partial charge in [0.2, 0.25) is 5.91 Å². The van der Waals surface area contributed by atoms with Crippen LogP contribution in [0.1, 0.15) is 24.9 Å². The lowest BCUT2D eigenvalue weighted by Gasteiger charge is -2.18. The molecule has 5 nitrogen and oxygen atoms in total. The number of hydrogen-bond acceptors (Lipinski definition) is 4. The van der Waals surface area contributed by atoms with Crippen LogP contribution in [0.25, 0.3) is 0 Å². The second kappa shape index (κ2) is 7.63. The summed E-state index contributed by atoms with van der Waals surface area (Å²) in [6, 6.07) is 5.89. The van der Waals surface area contributed by atoms with E-state index in [0.29, 0.717) is 18.0 Å². The number of nitrogens with one attached hydrogen (secondary N) is 2. The minimum Gasteiger partial charge on any atom is -0.493 e. The molecular formula is C14H22N2O3. The molecule has 0 aliphatic rings. The van der Waals surface area contributed by atoms with Gasteiger partial charge in [0.05, 0.1) is 20.8 Å². The second-order valence-electron chi connectivity index (χ2n) is 4.13. The molecule has 1 unspecified atom stereocenters. The largest absolute Gasteiger partial charge is 0.493 e. The molecule has 0 heterocycles. The Hall–Kier alpha value is -1.75. The van der Waals surface area contributed by atoms with Gasteiger partial charge in [-0.15, -0.1) is 0 Å². The van der Waals surface area contributed by atoms with Gasteiger partial charge in [0.25, 0.3) is 0 Å². The summed E-state index contributed by atoms with van der Waals surface area (Å²) in [4.78, 5) is 11.3. The van der Waals surface area contributed by atoms with Crippen LogP contribution in [0.5, 0.6) is 11.5 Å². The molecule has 0 bridgehead atoms. The Bertz CT molecular complexity index is 421. The molecule has 0 saturated carbocycles. The van der Waals surface area contributed by atoms with Crippen LogP contribution in [0.2, 0.25) is 0 Å². The van der Waals surface area contributed by atoms with Crippen molar-refractivity contribution in [3.8, 4) is 11.5 Å². The van der Waals surface area contributed by atoms with Gasteiger partial charge >= 0.3 is 0 Å². The number of methoxy groups -OCH3 is 2. The lowest BCUT2D eigenvalue weighted by atomic mass is 10.0. The maximum Gasteiger partial charge on any atom is 0.233 e. The molecule has 1 amide bonds. The van der Waals surface area contributed by atoms with Crippen molar-refractivity contribution in [3.63, 3.8) is 0 Å². The second-order valence-corrected chi connectivity index (χ2v) is 4.13. The minimum absolute atomic E-state index is 0.0288. The van der Waals surface area contributed by atoms with Crippen LogP contribution < -0.4 is 20.1 Å². The lowest BCUT2D eigenvalue weighted by molar-refractivity contribution is -0.119. The monoisotopic (exact) mass is 266 g/mol. The SMILES string of the molecule is CCC(NCC(=O)NC)c1ccc(OC)c(OC)c1. The number of likely N-dealkylation sites (N-methyl/N-ethyl adjacent to an activating group) is 1. The van der Waals surface area contributed by atoms with Crippen LogP contribution in [0.4, 0.5) is 0 Å². The zero-order valence-corrected chi connectivity index (χ0v) is 11.9. The summed E-state index contributed by atoms with van der Waals surface area (Å²) >= 11 is 0. The van der Waals surface area contributed by atoms with Gasteiger partial charge in [-0.25, -0.2) is 0 Å². The van der Waals surface area contributed by atoms with Gasteiger partial charge in [0, 0.05) is 13.1 Å². The number of carbonyl (C=O) groups excluding carboxylic acids is 1. The Morgan fingerprint density at radius 2 is 1.95 bits per heavy atom. The molecule has 0 fully saturated rings. The van der Waals surface area contributed by atoms with Crippen LogP contribution in [0.15, 0.2) is 18.2 Å². The van der Waals surface area contributed by atoms with E-state index in [2.05, 4.69) is 17.6 Å². The minimum atomic E-state index is -0.0288. The molecule has 1 rings (SSSR count). The molecule has 0 aromatic heterocycles. The van der Waals surface area contributed by atoms with Gasteiger partial charge < -0.3 is 20.1 Å². The first-order valence-corrected chi connectivity index (χ1v) is 6.32. The van der Waals surface area contributed by atoms with Crippen LogP contribution in [0.3, 0.4) is 0 Å². The zero-order valence-electron chi connectivity index (χ0n) is 11.9. The van der Waals surface area contributed by atoms with Gasteiger partial charge in [-0.1, -0.05) is 13.0 Å². The average molecular weight is 266 g/mol. The van der Waals surface area contributed by atoms with E-state index in [1.807, 2.05) is 18.2 Å². The van der Waals surface area contributed by atoms with Gasteiger partial charge in [0.15, 0.2) is 11.5 Å². The van der Waals surface area contributed by atoms with Crippen molar-refractivity contribution < 1.29 is 14.3 Å². The first-order valence-electron chi connectivity index (χ1n) is 6.32. The summed E-state index contributed by atoms with van der Waals surface area (Å²) < 4.78 is 10.5. The third kappa shape index (κ3) is 4.13. The Labute approximate surface area is 114 Å². The molecule has 1 aromatic rings. The number of ether oxygens (including phenoxy) is 2. The number of rotatable bonds is 7. The molecule has 0 saturated heterocycles. The van der Waals surface area contributed by atoms with E-state index in [0.717, 1.165) is 12.0 Å². The van der Waals surface area contributed by atoms with Gasteiger partial charge in [-0.2, -0.15) is 0 Å². The Morgan fingerprint density at radius 1 is 1.26 bits per heavy atom. The molecule has 0 aliphatic heterocycles. The van der Waals surface area contributed by atoms with E-state index in [9.17, 15) is 4.79 Å². The summed E-state index contributed by atoms with van der Waals surface area (Å²) in [6.07, 6.45) is 0.881. The maximum atomic E-state index is 11.3. The smallest absolute Gasteiger partial charge is 0.233 e. The molecule has 1 aromatic carbocycles. The maximum absolute atomic E-state index is 11.3. The van der Waals surface area contributed by atoms with Crippen molar-refractivity contribution in [2.75, 3.05) is 27.8 Å². The molecule has 0 aliphatic carbocycles. The molecule has 0 spiro atoms. The normalized spacial score (nSPS) is 11.8. The Kier molecular flexibility index (Phi) is 6.15. The van der Waals surface area contributed by atoms with Crippen molar-refractivity contribution in [3.05, 3.63) is 23.8 Å². The van der Waals surface area contributed by atoms with E-state index in [1.165, 1.54) is 0 Å². The topological polar surface area (TPSA) is 59.6 Å². The summed E-state index contributed by atoms with van der Waals surface area (Å²) in [5.41, 5.74) is 1.07. The summed E-state index contributed by atoms with van der Waals surface area (Å²) in [6.45, 7) is 2.36. The first-order chi connectivity index (χ1) is 9.15. The van der Waals surface area contributed by atoms with Crippen LogP contribution in [-0.2, 0) is 4.79 Å². The van der Waals surface area contributed by atoms with Crippen molar-refractivity contribution in [2.45, 2.75) is 19.4 Å². The fraction of sp³-hybridized carbons (Fsp3) is 0.500. The predicted octanol–water partition coefficient (Wildman–Crippen LogP) is 1.49. The molecule has 0 radical (unpaired) electrons. The van der Waals surface area contributed by atoms with Crippen molar-refractivity contribution in [1.82, 2.24) is 10.6 Å². The summed E-state index contributed by atoms with van der Waals surface area (Å²) in [5.74, 6) is 1.37. The highest BCUT2D eigenvalue weighted by atomic mass is 16.5. The molecule has 106 valence electrons. The number of carbonyl (C=O) groups is 1. The highest BCUT2D eigenvalue weighted by Crippen LogP contribution is 2.30. The van der Waals surface area contributed by atoms with Crippen molar-refractivity contribution in [2.24, 2.45) is 0 Å².